The lowest BCUT2D eigenvalue weighted by Gasteiger charge is -2.39. The van der Waals surface area contributed by atoms with Crippen LogP contribution in [0, 0.1) is 0 Å². The van der Waals surface area contributed by atoms with Gasteiger partial charge in [-0.1, -0.05) is 48.6 Å². The average molecular weight is 272 g/mol. The van der Waals surface area contributed by atoms with E-state index in [1.807, 2.05) is 0 Å². The van der Waals surface area contributed by atoms with Gasteiger partial charge in [-0.05, 0) is 35.8 Å². The molecule has 1 spiro atoms. The molecule has 0 amide bonds. The Morgan fingerprint density at radius 3 is 2.90 bits per heavy atom. The zero-order valence-electron chi connectivity index (χ0n) is 11.7. The van der Waals surface area contributed by atoms with Crippen molar-refractivity contribution in [3.63, 3.8) is 0 Å². The summed E-state index contributed by atoms with van der Waals surface area (Å²) in [5.41, 5.74) is 4.92. The Bertz CT molecular complexity index is 907. The third kappa shape index (κ3) is 1.42. The number of nitrogens with one attached hydrogen (secondary N) is 2. The van der Waals surface area contributed by atoms with E-state index >= 15 is 0 Å². The maximum absolute atomic E-state index is 3.78. The Morgan fingerprint density at radius 1 is 0.952 bits per heavy atom. The van der Waals surface area contributed by atoms with Crippen molar-refractivity contribution in [2.24, 2.45) is 0 Å². The number of rotatable bonds is 0. The fourth-order valence-electron chi connectivity index (χ4n) is 3.81. The molecule has 1 atom stereocenters. The van der Waals surface area contributed by atoms with Gasteiger partial charge < -0.3 is 10.6 Å². The van der Waals surface area contributed by atoms with E-state index < -0.39 is 0 Å². The van der Waals surface area contributed by atoms with Crippen molar-refractivity contribution in [1.82, 2.24) is 5.32 Å². The monoisotopic (exact) mass is 272 g/mol. The predicted octanol–water partition coefficient (Wildman–Crippen LogP) is 2.26. The van der Waals surface area contributed by atoms with Crippen LogP contribution in [0.15, 0.2) is 48.5 Å². The molecule has 1 aliphatic heterocycles. The van der Waals surface area contributed by atoms with E-state index in [1.165, 1.54) is 32.9 Å². The molecular formula is C19H16N2. The largest absolute Gasteiger partial charge is 0.359 e. The summed E-state index contributed by atoms with van der Waals surface area (Å²) in [5, 5.41) is 10.2. The van der Waals surface area contributed by atoms with Gasteiger partial charge in [0.2, 0.25) is 0 Å². The SMILES string of the molecule is C1=CC2(NC3=c4c(cccc4=CCC3)N2)c2ccccc21. The van der Waals surface area contributed by atoms with E-state index in [1.54, 1.807) is 0 Å². The number of fused-ring (bicyclic) bond motifs is 2. The van der Waals surface area contributed by atoms with E-state index in [0.717, 1.165) is 12.8 Å². The standard InChI is InChI=1S/C19H16N2/c1-2-8-15-13(5-1)11-12-19(15)20-16-9-3-6-14-7-4-10-17(21-19)18(14)16/h1-3,5-9,11-12,20-21H,4,10H2. The third-order valence-electron chi connectivity index (χ3n) is 4.74. The summed E-state index contributed by atoms with van der Waals surface area (Å²) < 4.78 is 0. The van der Waals surface area contributed by atoms with E-state index in [0.29, 0.717) is 0 Å². The Kier molecular flexibility index (Phi) is 2.02. The third-order valence-corrected chi connectivity index (χ3v) is 4.74. The van der Waals surface area contributed by atoms with E-state index in [-0.39, 0.29) is 5.66 Å². The highest BCUT2D eigenvalue weighted by atomic mass is 15.2. The summed E-state index contributed by atoms with van der Waals surface area (Å²) >= 11 is 0. The highest BCUT2D eigenvalue weighted by molar-refractivity contribution is 5.74. The van der Waals surface area contributed by atoms with E-state index in [2.05, 4.69) is 71.3 Å². The molecule has 2 aromatic rings. The van der Waals surface area contributed by atoms with Crippen LogP contribution in [0.1, 0.15) is 24.0 Å². The first-order chi connectivity index (χ1) is 10.4. The molecule has 102 valence electrons. The van der Waals surface area contributed by atoms with Gasteiger partial charge in [0, 0.05) is 22.2 Å². The van der Waals surface area contributed by atoms with Gasteiger partial charge in [-0.2, -0.15) is 0 Å². The second-order valence-corrected chi connectivity index (χ2v) is 5.97. The number of hydrogen-bond acceptors (Lipinski definition) is 2. The fourth-order valence-corrected chi connectivity index (χ4v) is 3.81. The van der Waals surface area contributed by atoms with Crippen LogP contribution >= 0.6 is 0 Å². The molecule has 21 heavy (non-hydrogen) atoms. The molecule has 2 nitrogen and oxygen atoms in total. The number of anilines is 1. The second kappa shape index (κ2) is 3.79. The second-order valence-electron chi connectivity index (χ2n) is 5.97. The molecule has 1 heterocycles. The summed E-state index contributed by atoms with van der Waals surface area (Å²) in [4.78, 5) is 0. The molecule has 0 bridgehead atoms. The lowest BCUT2D eigenvalue weighted by atomic mass is 9.93. The van der Waals surface area contributed by atoms with Crippen molar-refractivity contribution >= 4 is 23.5 Å². The molecule has 2 heteroatoms. The predicted molar refractivity (Wildman–Crippen MR) is 86.7 cm³/mol. The van der Waals surface area contributed by atoms with Crippen molar-refractivity contribution < 1.29 is 0 Å². The molecule has 0 saturated heterocycles. The molecule has 0 aromatic heterocycles. The van der Waals surface area contributed by atoms with Crippen LogP contribution in [-0.4, -0.2) is 0 Å². The van der Waals surface area contributed by atoms with Crippen molar-refractivity contribution in [1.29, 1.82) is 0 Å². The molecule has 0 saturated carbocycles. The van der Waals surface area contributed by atoms with Gasteiger partial charge >= 0.3 is 0 Å². The quantitative estimate of drug-likeness (QED) is 0.769. The lowest BCUT2D eigenvalue weighted by Crippen LogP contribution is -2.54. The Morgan fingerprint density at radius 2 is 1.90 bits per heavy atom. The van der Waals surface area contributed by atoms with Crippen LogP contribution in [-0.2, 0) is 5.66 Å². The minimum absolute atomic E-state index is 0.283. The summed E-state index contributed by atoms with van der Waals surface area (Å²) in [6.45, 7) is 0. The zero-order chi connectivity index (χ0) is 13.9. The summed E-state index contributed by atoms with van der Waals surface area (Å²) in [6.07, 6.45) is 8.99. The van der Waals surface area contributed by atoms with Crippen LogP contribution in [0.4, 0.5) is 5.69 Å². The molecule has 0 radical (unpaired) electrons. The molecule has 2 aliphatic carbocycles. The fraction of sp³-hybridized carbons (Fsp3) is 0.158. The topological polar surface area (TPSA) is 24.1 Å². The van der Waals surface area contributed by atoms with Crippen molar-refractivity contribution in [3.8, 4) is 0 Å². The first kappa shape index (κ1) is 11.2. The van der Waals surface area contributed by atoms with Gasteiger partial charge in [0.15, 0.2) is 5.66 Å². The highest BCUT2D eigenvalue weighted by Crippen LogP contribution is 2.37. The molecule has 1 unspecified atom stereocenters. The molecule has 5 rings (SSSR count). The zero-order valence-corrected chi connectivity index (χ0v) is 11.7. The van der Waals surface area contributed by atoms with Gasteiger partial charge in [0.1, 0.15) is 0 Å². The molecule has 3 aliphatic rings. The Labute approximate surface area is 123 Å². The first-order valence-corrected chi connectivity index (χ1v) is 7.53. The van der Waals surface area contributed by atoms with Crippen LogP contribution in [0.5, 0.6) is 0 Å². The summed E-state index contributed by atoms with van der Waals surface area (Å²) in [7, 11) is 0. The van der Waals surface area contributed by atoms with E-state index in [9.17, 15) is 0 Å². The van der Waals surface area contributed by atoms with Crippen molar-refractivity contribution in [2.45, 2.75) is 18.5 Å². The normalized spacial score (nSPS) is 23.9. The minimum atomic E-state index is -0.283. The van der Waals surface area contributed by atoms with Gasteiger partial charge in [-0.3, -0.25) is 0 Å². The van der Waals surface area contributed by atoms with Crippen molar-refractivity contribution in [2.75, 3.05) is 5.32 Å². The molecular weight excluding hydrogens is 256 g/mol. The van der Waals surface area contributed by atoms with Crippen LogP contribution in [0.3, 0.4) is 0 Å². The van der Waals surface area contributed by atoms with Crippen LogP contribution in [0.2, 0.25) is 0 Å². The van der Waals surface area contributed by atoms with Crippen molar-refractivity contribution in [3.05, 3.63) is 70.1 Å². The highest BCUT2D eigenvalue weighted by Gasteiger charge is 2.38. The van der Waals surface area contributed by atoms with Crippen LogP contribution < -0.4 is 21.1 Å². The molecule has 2 aromatic carbocycles. The average Bonchev–Trinajstić information content (AvgIpc) is 2.86. The van der Waals surface area contributed by atoms with E-state index in [4.69, 9.17) is 0 Å². The van der Waals surface area contributed by atoms with Gasteiger partial charge in [0.25, 0.3) is 0 Å². The Hall–Kier alpha value is -2.48. The number of hydrogen-bond donors (Lipinski definition) is 2. The lowest BCUT2D eigenvalue weighted by molar-refractivity contribution is 0.544. The maximum Gasteiger partial charge on any atom is 0.155 e. The minimum Gasteiger partial charge on any atom is -0.359 e. The van der Waals surface area contributed by atoms with Gasteiger partial charge in [-0.15, -0.1) is 0 Å². The molecule has 0 fully saturated rings. The van der Waals surface area contributed by atoms with Gasteiger partial charge in [-0.25, -0.2) is 0 Å². The molecule has 2 N–H and O–H groups in total. The smallest absolute Gasteiger partial charge is 0.155 e. The first-order valence-electron chi connectivity index (χ1n) is 7.53. The maximum atomic E-state index is 3.78. The summed E-state index contributed by atoms with van der Waals surface area (Å²) in [5.74, 6) is 0. The van der Waals surface area contributed by atoms with Crippen LogP contribution in [0.25, 0.3) is 17.8 Å². The van der Waals surface area contributed by atoms with Gasteiger partial charge in [0.05, 0.1) is 0 Å². The summed E-state index contributed by atoms with van der Waals surface area (Å²) in [6, 6.07) is 15.1. The number of benzene rings is 2. The Balaban J connectivity index is 1.77.